The topological polar surface area (TPSA) is 22.0 Å². The number of halogens is 1. The van der Waals surface area contributed by atoms with Crippen molar-refractivity contribution in [3.8, 4) is 0 Å². The van der Waals surface area contributed by atoms with E-state index in [0.29, 0.717) is 0 Å². The Labute approximate surface area is 72.8 Å². The summed E-state index contributed by atoms with van der Waals surface area (Å²) in [4.78, 5) is 4.37. The van der Waals surface area contributed by atoms with Crippen molar-refractivity contribution in [2.24, 2.45) is 0 Å². The molecule has 2 nitrogen and oxygen atoms in total. The molecule has 0 aromatic rings. The van der Waals surface area contributed by atoms with Gasteiger partial charge in [0.1, 0.15) is 0 Å². The van der Waals surface area contributed by atoms with Crippen LogP contribution in [0.5, 0.6) is 0 Å². The van der Waals surface area contributed by atoms with Crippen LogP contribution in [0.4, 0.5) is 0 Å². The number of alkyl halides is 2. The molecule has 0 spiro atoms. The molecule has 1 heterocycles. The van der Waals surface area contributed by atoms with Crippen LogP contribution in [0, 0.1) is 0 Å². The third-order valence-corrected chi connectivity index (χ3v) is 3.66. The molecule has 1 rings (SSSR count). The maximum atomic E-state index is 5.49. The van der Waals surface area contributed by atoms with Crippen LogP contribution >= 0.6 is 18.4 Å². The first kappa shape index (κ1) is 9.61. The van der Waals surface area contributed by atoms with Gasteiger partial charge in [0.15, 0.2) is 0 Å². The van der Waals surface area contributed by atoms with Crippen molar-refractivity contribution < 1.29 is 7.80 Å². The minimum atomic E-state index is -1.88. The zero-order chi connectivity index (χ0) is 8.32. The second-order valence-corrected chi connectivity index (χ2v) is 11.7. The van der Waals surface area contributed by atoms with Gasteiger partial charge < -0.3 is 0 Å². The van der Waals surface area contributed by atoms with Gasteiger partial charge in [0.2, 0.25) is 0 Å². The fourth-order valence-electron chi connectivity index (χ4n) is 1.10. The SMILES string of the molecule is C=I(C)(C)[OH+]C1CCCCO1. The van der Waals surface area contributed by atoms with E-state index in [-0.39, 0.29) is 6.29 Å². The monoisotopic (exact) mass is 273 g/mol. The van der Waals surface area contributed by atoms with E-state index in [2.05, 4.69) is 17.4 Å². The molecular weight excluding hydrogens is 255 g/mol. The molecule has 68 valence electrons. The van der Waals surface area contributed by atoms with Gasteiger partial charge in [0, 0.05) is 0 Å². The second kappa shape index (κ2) is 3.96. The fourth-order valence-corrected chi connectivity index (χ4v) is 3.22. The summed E-state index contributed by atoms with van der Waals surface area (Å²) in [5, 5.41) is 0. The zero-order valence-corrected chi connectivity index (χ0v) is 9.50. The average Bonchev–Trinajstić information content (AvgIpc) is 1.85. The molecule has 0 saturated carbocycles. The summed E-state index contributed by atoms with van der Waals surface area (Å²) in [6.07, 6.45) is 3.77. The Kier molecular flexibility index (Phi) is 3.46. The molecule has 0 aromatic carbocycles. The Morgan fingerprint density at radius 2 is 2.18 bits per heavy atom. The molecule has 0 radical (unpaired) electrons. The first-order chi connectivity index (χ1) is 5.08. The molecule has 1 fully saturated rings. The van der Waals surface area contributed by atoms with E-state index in [0.717, 1.165) is 13.0 Å². The molecular formula is C8H18IO2+. The van der Waals surface area contributed by atoms with Crippen LogP contribution in [0.2, 0.25) is 0 Å². The summed E-state index contributed by atoms with van der Waals surface area (Å²) in [7, 11) is 0. The number of hydrogen-bond donors (Lipinski definition) is 0. The van der Waals surface area contributed by atoms with Crippen molar-refractivity contribution in [2.45, 2.75) is 25.6 Å². The molecule has 1 saturated heterocycles. The zero-order valence-electron chi connectivity index (χ0n) is 7.35. The van der Waals surface area contributed by atoms with E-state index in [9.17, 15) is 0 Å². The van der Waals surface area contributed by atoms with E-state index < -0.39 is 18.4 Å². The van der Waals surface area contributed by atoms with E-state index in [1.54, 1.807) is 0 Å². The van der Waals surface area contributed by atoms with Gasteiger partial charge in [-0.2, -0.15) is 0 Å². The summed E-state index contributed by atoms with van der Waals surface area (Å²) in [6, 6.07) is 0. The van der Waals surface area contributed by atoms with Crippen LogP contribution in [-0.4, -0.2) is 30.3 Å². The van der Waals surface area contributed by atoms with Gasteiger partial charge in [-0.3, -0.25) is 0 Å². The Balaban J connectivity index is 2.30. The predicted octanol–water partition coefficient (Wildman–Crippen LogP) is 1.69. The van der Waals surface area contributed by atoms with E-state index >= 15 is 0 Å². The van der Waals surface area contributed by atoms with Crippen molar-refractivity contribution in [1.29, 1.82) is 0 Å². The Morgan fingerprint density at radius 1 is 1.45 bits per heavy atom. The fraction of sp³-hybridized carbons (Fsp3) is 0.875. The summed E-state index contributed by atoms with van der Waals surface area (Å²) < 4.78 is 14.2. The number of hydrogen-bond acceptors (Lipinski definition) is 1. The van der Waals surface area contributed by atoms with Crippen LogP contribution in [0.25, 0.3) is 0 Å². The molecule has 0 aliphatic carbocycles. The van der Waals surface area contributed by atoms with Crippen LogP contribution < -0.4 is 0 Å². The summed E-state index contributed by atoms with van der Waals surface area (Å²) >= 11 is -1.88. The summed E-state index contributed by atoms with van der Waals surface area (Å²) in [5.74, 6) is 0. The quantitative estimate of drug-likeness (QED) is 0.426. The number of aliphatic hydroxyl groups is 1. The Morgan fingerprint density at radius 3 is 2.64 bits per heavy atom. The van der Waals surface area contributed by atoms with Crippen molar-refractivity contribution in [3.63, 3.8) is 0 Å². The van der Waals surface area contributed by atoms with E-state index in [4.69, 9.17) is 4.74 Å². The van der Waals surface area contributed by atoms with Crippen LogP contribution in [-0.2, 0) is 4.74 Å². The van der Waals surface area contributed by atoms with Crippen LogP contribution in [0.1, 0.15) is 19.3 Å². The van der Waals surface area contributed by atoms with Gasteiger partial charge in [-0.15, -0.1) is 0 Å². The molecule has 1 aliphatic rings. The van der Waals surface area contributed by atoms with Gasteiger partial charge in [-0.05, 0) is 0 Å². The van der Waals surface area contributed by atoms with Gasteiger partial charge in [0.25, 0.3) is 0 Å². The molecule has 1 atom stereocenters. The van der Waals surface area contributed by atoms with Gasteiger partial charge in [0.05, 0.1) is 0 Å². The normalized spacial score (nSPS) is 28.4. The predicted molar refractivity (Wildman–Crippen MR) is 58.8 cm³/mol. The third kappa shape index (κ3) is 4.18. The van der Waals surface area contributed by atoms with Crippen molar-refractivity contribution in [1.82, 2.24) is 0 Å². The van der Waals surface area contributed by atoms with Gasteiger partial charge in [-0.1, -0.05) is 0 Å². The van der Waals surface area contributed by atoms with Crippen LogP contribution in [0.3, 0.4) is 0 Å². The van der Waals surface area contributed by atoms with Crippen molar-refractivity contribution in [3.05, 3.63) is 0 Å². The first-order valence-corrected chi connectivity index (χ1v) is 10.7. The minimum absolute atomic E-state index is 0.188. The average molecular weight is 273 g/mol. The number of rotatable bonds is 2. The molecule has 0 aromatic heterocycles. The molecule has 0 bridgehead atoms. The van der Waals surface area contributed by atoms with Crippen molar-refractivity contribution >= 4 is 22.9 Å². The van der Waals surface area contributed by atoms with E-state index in [1.807, 2.05) is 0 Å². The Hall–Kier alpha value is 0.520. The van der Waals surface area contributed by atoms with Crippen molar-refractivity contribution in [2.75, 3.05) is 16.5 Å². The summed E-state index contributed by atoms with van der Waals surface area (Å²) in [5.41, 5.74) is 0. The molecule has 1 N–H and O–H groups in total. The van der Waals surface area contributed by atoms with Gasteiger partial charge in [-0.25, -0.2) is 0 Å². The first-order valence-electron chi connectivity index (χ1n) is 3.88. The standard InChI is InChI=1S/C8H17IO2/c1-9(2,3)11-8-6-4-5-7-10-8/h8H,1,4-7H2,2-3H3/p+1. The third-order valence-electron chi connectivity index (χ3n) is 1.53. The molecule has 11 heavy (non-hydrogen) atoms. The summed E-state index contributed by atoms with van der Waals surface area (Å²) in [6.45, 7) is 0.894. The molecule has 0 amide bonds. The molecule has 1 aliphatic heterocycles. The second-order valence-electron chi connectivity index (χ2n) is 3.29. The van der Waals surface area contributed by atoms with E-state index in [1.165, 1.54) is 12.8 Å². The Bertz CT molecular complexity index is 155. The number of ether oxygens (including phenoxy) is 1. The molecule has 1 unspecified atom stereocenters. The maximum absolute atomic E-state index is 5.49. The van der Waals surface area contributed by atoms with Crippen LogP contribution in [0.15, 0.2) is 0 Å². The van der Waals surface area contributed by atoms with Gasteiger partial charge >= 0.3 is 72.7 Å². The molecule has 3 heteroatoms.